The van der Waals surface area contributed by atoms with Crippen LogP contribution in [-0.4, -0.2) is 37.3 Å². The van der Waals surface area contributed by atoms with E-state index in [1.807, 2.05) is 31.2 Å². The third kappa shape index (κ3) is 3.71. The quantitative estimate of drug-likeness (QED) is 0.914. The number of aryl methyl sites for hydroxylation is 1. The van der Waals surface area contributed by atoms with Gasteiger partial charge in [-0.25, -0.2) is 4.98 Å². The first kappa shape index (κ1) is 16.0. The third-order valence-corrected chi connectivity index (χ3v) is 4.88. The lowest BCUT2D eigenvalue weighted by Gasteiger charge is -2.09. The van der Waals surface area contributed by atoms with E-state index in [0.717, 1.165) is 40.6 Å². The average molecular weight is 332 g/mol. The predicted octanol–water partition coefficient (Wildman–Crippen LogP) is 3.04. The van der Waals surface area contributed by atoms with E-state index in [1.165, 1.54) is 11.3 Å². The summed E-state index contributed by atoms with van der Waals surface area (Å²) in [6, 6.07) is 7.68. The summed E-state index contributed by atoms with van der Waals surface area (Å²) in [7, 11) is 1.64. The molecule has 1 atom stereocenters. The van der Waals surface area contributed by atoms with Gasteiger partial charge in [0.1, 0.15) is 16.5 Å². The Morgan fingerprint density at radius 2 is 2.22 bits per heavy atom. The zero-order valence-electron chi connectivity index (χ0n) is 13.3. The topological polar surface area (TPSA) is 60.5 Å². The van der Waals surface area contributed by atoms with Gasteiger partial charge >= 0.3 is 0 Å². The van der Waals surface area contributed by atoms with Crippen LogP contribution >= 0.6 is 11.3 Å². The van der Waals surface area contributed by atoms with E-state index < -0.39 is 0 Å². The van der Waals surface area contributed by atoms with Crippen molar-refractivity contribution in [2.75, 3.05) is 20.3 Å². The summed E-state index contributed by atoms with van der Waals surface area (Å²) in [5.41, 5.74) is 1.48. The zero-order chi connectivity index (χ0) is 16.2. The minimum Gasteiger partial charge on any atom is -0.497 e. The van der Waals surface area contributed by atoms with Crippen LogP contribution in [0, 0.1) is 6.92 Å². The van der Waals surface area contributed by atoms with Crippen LogP contribution in [0.5, 0.6) is 5.75 Å². The molecule has 5 nitrogen and oxygen atoms in total. The van der Waals surface area contributed by atoms with Crippen molar-refractivity contribution in [3.63, 3.8) is 0 Å². The maximum Gasteiger partial charge on any atom is 0.271 e. The molecule has 23 heavy (non-hydrogen) atoms. The number of ether oxygens (including phenoxy) is 2. The number of aromatic nitrogens is 1. The number of thiazole rings is 1. The Labute approximate surface area is 139 Å². The van der Waals surface area contributed by atoms with Gasteiger partial charge in [-0.05, 0) is 44.0 Å². The van der Waals surface area contributed by atoms with Crippen LogP contribution in [-0.2, 0) is 4.74 Å². The van der Waals surface area contributed by atoms with E-state index >= 15 is 0 Å². The molecular weight excluding hydrogens is 312 g/mol. The summed E-state index contributed by atoms with van der Waals surface area (Å²) in [4.78, 5) is 17.7. The van der Waals surface area contributed by atoms with Crippen LogP contribution in [0.1, 0.15) is 28.2 Å². The smallest absolute Gasteiger partial charge is 0.271 e. The highest BCUT2D eigenvalue weighted by molar-refractivity contribution is 7.15. The first-order chi connectivity index (χ1) is 11.2. The lowest BCUT2D eigenvalue weighted by molar-refractivity contribution is 0.0854. The number of nitrogens with zero attached hydrogens (tertiary/aromatic N) is 1. The molecule has 1 aromatic carbocycles. The second-order valence-corrected chi connectivity index (χ2v) is 6.70. The molecular formula is C17H20N2O3S. The molecule has 1 unspecified atom stereocenters. The van der Waals surface area contributed by atoms with Crippen LogP contribution in [0.15, 0.2) is 24.3 Å². The van der Waals surface area contributed by atoms with Crippen LogP contribution in [0.2, 0.25) is 0 Å². The van der Waals surface area contributed by atoms with E-state index in [2.05, 4.69) is 10.3 Å². The van der Waals surface area contributed by atoms with E-state index in [-0.39, 0.29) is 12.0 Å². The number of benzene rings is 1. The lowest BCUT2D eigenvalue weighted by atomic mass is 10.2. The number of nitrogens with one attached hydrogen (secondary N) is 1. The molecule has 1 saturated heterocycles. The Kier molecular flexibility index (Phi) is 4.93. The maximum atomic E-state index is 12.3. The fourth-order valence-corrected chi connectivity index (χ4v) is 3.48. The minimum atomic E-state index is -0.131. The largest absolute Gasteiger partial charge is 0.497 e. The summed E-state index contributed by atoms with van der Waals surface area (Å²) in [6.45, 7) is 3.26. The van der Waals surface area contributed by atoms with Gasteiger partial charge in [0.15, 0.2) is 0 Å². The SMILES string of the molecule is COc1ccc(-c2nc(C(=O)NCC3CCCO3)c(C)s2)cc1. The molecule has 2 heterocycles. The first-order valence-corrected chi connectivity index (χ1v) is 8.50. The second-order valence-electron chi connectivity index (χ2n) is 5.50. The average Bonchev–Trinajstić information content (AvgIpc) is 3.22. The van der Waals surface area contributed by atoms with Gasteiger partial charge in [0.2, 0.25) is 0 Å². The predicted molar refractivity (Wildman–Crippen MR) is 90.1 cm³/mol. The highest BCUT2D eigenvalue weighted by Crippen LogP contribution is 2.29. The van der Waals surface area contributed by atoms with E-state index in [9.17, 15) is 4.79 Å². The Balaban J connectivity index is 1.70. The number of carbonyl (C=O) groups excluding carboxylic acids is 1. The fourth-order valence-electron chi connectivity index (χ4n) is 2.56. The molecule has 1 amide bonds. The van der Waals surface area contributed by atoms with Gasteiger partial charge in [0.05, 0.1) is 13.2 Å². The summed E-state index contributed by atoms with van der Waals surface area (Å²) in [6.07, 6.45) is 2.21. The minimum absolute atomic E-state index is 0.131. The molecule has 1 fully saturated rings. The highest BCUT2D eigenvalue weighted by atomic mass is 32.1. The highest BCUT2D eigenvalue weighted by Gasteiger charge is 2.20. The van der Waals surface area contributed by atoms with Gasteiger partial charge in [-0.2, -0.15) is 0 Å². The Morgan fingerprint density at radius 1 is 1.43 bits per heavy atom. The molecule has 3 rings (SSSR count). The van der Waals surface area contributed by atoms with Crippen LogP contribution in [0.3, 0.4) is 0 Å². The fraction of sp³-hybridized carbons (Fsp3) is 0.412. The monoisotopic (exact) mass is 332 g/mol. The molecule has 0 radical (unpaired) electrons. The van der Waals surface area contributed by atoms with Gasteiger partial charge in [-0.1, -0.05) is 0 Å². The first-order valence-electron chi connectivity index (χ1n) is 7.69. The van der Waals surface area contributed by atoms with Gasteiger partial charge in [0.25, 0.3) is 5.91 Å². The molecule has 6 heteroatoms. The number of carbonyl (C=O) groups is 1. The molecule has 1 aliphatic heterocycles. The normalized spacial score (nSPS) is 17.2. The zero-order valence-corrected chi connectivity index (χ0v) is 14.1. The second kappa shape index (κ2) is 7.10. The third-order valence-electron chi connectivity index (χ3n) is 3.86. The van der Waals surface area contributed by atoms with Crippen molar-refractivity contribution in [3.8, 4) is 16.3 Å². The number of methoxy groups -OCH3 is 1. The molecule has 0 saturated carbocycles. The number of hydrogen-bond donors (Lipinski definition) is 1. The van der Waals surface area contributed by atoms with Crippen LogP contribution in [0.25, 0.3) is 10.6 Å². The van der Waals surface area contributed by atoms with E-state index in [0.29, 0.717) is 12.2 Å². The standard InChI is InChI=1S/C17H20N2O3S/c1-11-15(16(20)18-10-14-4-3-9-22-14)19-17(23-11)12-5-7-13(21-2)8-6-12/h5-8,14H,3-4,9-10H2,1-2H3,(H,18,20). The van der Waals surface area contributed by atoms with Crippen molar-refractivity contribution in [1.29, 1.82) is 0 Å². The number of hydrogen-bond acceptors (Lipinski definition) is 5. The summed E-state index contributed by atoms with van der Waals surface area (Å²) >= 11 is 1.52. The molecule has 1 aliphatic rings. The number of amides is 1. The molecule has 122 valence electrons. The molecule has 1 N–H and O–H groups in total. The van der Waals surface area contributed by atoms with Gasteiger partial charge in [-0.15, -0.1) is 11.3 Å². The van der Waals surface area contributed by atoms with Crippen molar-refractivity contribution in [3.05, 3.63) is 34.8 Å². The van der Waals surface area contributed by atoms with Gasteiger partial charge in [-0.3, -0.25) is 4.79 Å². The van der Waals surface area contributed by atoms with Crippen molar-refractivity contribution in [2.45, 2.75) is 25.9 Å². The van der Waals surface area contributed by atoms with Crippen molar-refractivity contribution >= 4 is 17.2 Å². The van der Waals surface area contributed by atoms with Crippen LogP contribution in [0.4, 0.5) is 0 Å². The maximum absolute atomic E-state index is 12.3. The van der Waals surface area contributed by atoms with Gasteiger partial charge in [0, 0.05) is 23.6 Å². The van der Waals surface area contributed by atoms with Crippen LogP contribution < -0.4 is 10.1 Å². The molecule has 0 aliphatic carbocycles. The Bertz CT molecular complexity index is 676. The Hall–Kier alpha value is -1.92. The summed E-state index contributed by atoms with van der Waals surface area (Å²) < 4.78 is 10.7. The lowest BCUT2D eigenvalue weighted by Crippen LogP contribution is -2.32. The van der Waals surface area contributed by atoms with Gasteiger partial charge < -0.3 is 14.8 Å². The Morgan fingerprint density at radius 3 is 2.87 bits per heavy atom. The number of rotatable bonds is 5. The molecule has 1 aromatic heterocycles. The van der Waals surface area contributed by atoms with Crippen molar-refractivity contribution in [1.82, 2.24) is 10.3 Å². The van der Waals surface area contributed by atoms with E-state index in [4.69, 9.17) is 9.47 Å². The summed E-state index contributed by atoms with van der Waals surface area (Å²) in [5.74, 6) is 0.672. The molecule has 2 aromatic rings. The van der Waals surface area contributed by atoms with Crippen molar-refractivity contribution < 1.29 is 14.3 Å². The van der Waals surface area contributed by atoms with E-state index in [1.54, 1.807) is 7.11 Å². The molecule has 0 bridgehead atoms. The molecule has 0 spiro atoms. The summed E-state index contributed by atoms with van der Waals surface area (Å²) in [5, 5.41) is 3.77. The van der Waals surface area contributed by atoms with Crippen molar-refractivity contribution in [2.24, 2.45) is 0 Å².